The summed E-state index contributed by atoms with van der Waals surface area (Å²) in [4.78, 5) is 27.3. The Hall–Kier alpha value is -1.89. The molecule has 7 nitrogen and oxygen atoms in total. The molecule has 1 aliphatic heterocycles. The monoisotopic (exact) mass is 363 g/mol. The Morgan fingerprint density at radius 3 is 2.50 bits per heavy atom. The predicted octanol–water partition coefficient (Wildman–Crippen LogP) is 1.44. The molecule has 0 aliphatic carbocycles. The van der Waals surface area contributed by atoms with Crippen molar-refractivity contribution in [1.29, 1.82) is 0 Å². The highest BCUT2D eigenvalue weighted by atomic mass is 16.2. The van der Waals surface area contributed by atoms with Crippen LogP contribution in [-0.2, 0) is 22.7 Å². The molecular formula is C19H33N5O2. The fourth-order valence-corrected chi connectivity index (χ4v) is 3.30. The van der Waals surface area contributed by atoms with Gasteiger partial charge in [0.25, 0.3) is 0 Å². The van der Waals surface area contributed by atoms with Crippen molar-refractivity contribution in [3.63, 3.8) is 0 Å². The topological polar surface area (TPSA) is 70.5 Å². The summed E-state index contributed by atoms with van der Waals surface area (Å²) in [5, 5.41) is 7.79. The lowest BCUT2D eigenvalue weighted by Gasteiger charge is -2.30. The molecule has 1 saturated heterocycles. The van der Waals surface area contributed by atoms with E-state index in [1.165, 1.54) is 0 Å². The van der Waals surface area contributed by atoms with Gasteiger partial charge in [-0.3, -0.25) is 14.3 Å². The predicted molar refractivity (Wildman–Crippen MR) is 102 cm³/mol. The van der Waals surface area contributed by atoms with Gasteiger partial charge in [0.15, 0.2) is 0 Å². The van der Waals surface area contributed by atoms with Crippen LogP contribution in [0.25, 0.3) is 0 Å². The summed E-state index contributed by atoms with van der Waals surface area (Å²) in [5.41, 5.74) is 2.28. The molecule has 7 heteroatoms. The second-order valence-electron chi connectivity index (χ2n) is 7.75. The van der Waals surface area contributed by atoms with Crippen molar-refractivity contribution < 1.29 is 9.59 Å². The van der Waals surface area contributed by atoms with Crippen molar-refractivity contribution in [1.82, 2.24) is 24.9 Å². The van der Waals surface area contributed by atoms with Crippen LogP contribution < -0.4 is 5.32 Å². The van der Waals surface area contributed by atoms with E-state index < -0.39 is 0 Å². The van der Waals surface area contributed by atoms with Crippen LogP contribution in [0.2, 0.25) is 0 Å². The van der Waals surface area contributed by atoms with Crippen LogP contribution in [0.3, 0.4) is 0 Å². The summed E-state index contributed by atoms with van der Waals surface area (Å²) >= 11 is 0. The molecule has 0 radical (unpaired) electrons. The standard InChI is InChI=1S/C19H33N5O2/c1-14(2)19(26)20-8-11-24-17(13-22(4)5)12-18(21-24)16-6-9-23(10-7-16)15(3)25/h12,14,16H,6-11,13H2,1-5H3,(H,20,26). The Bertz CT molecular complexity index is 615. The zero-order valence-corrected chi connectivity index (χ0v) is 16.8. The van der Waals surface area contributed by atoms with Gasteiger partial charge in [-0.15, -0.1) is 0 Å². The van der Waals surface area contributed by atoms with Gasteiger partial charge in [0, 0.05) is 44.9 Å². The molecule has 1 aromatic heterocycles. The SMILES string of the molecule is CC(=O)N1CCC(c2cc(CN(C)C)n(CCNC(=O)C(C)C)n2)CC1. The second kappa shape index (κ2) is 9.16. The molecule has 0 atom stereocenters. The number of amides is 2. The zero-order valence-electron chi connectivity index (χ0n) is 16.8. The first-order valence-corrected chi connectivity index (χ1v) is 9.52. The number of piperidine rings is 1. The Morgan fingerprint density at radius 2 is 1.96 bits per heavy atom. The molecule has 1 N–H and O–H groups in total. The first kappa shape index (κ1) is 20.4. The maximum atomic E-state index is 11.8. The molecule has 1 fully saturated rings. The number of nitrogens with zero attached hydrogens (tertiary/aromatic N) is 4. The number of carbonyl (C=O) groups is 2. The normalized spacial score (nSPS) is 15.7. The Kier molecular flexibility index (Phi) is 7.20. The minimum Gasteiger partial charge on any atom is -0.354 e. The smallest absolute Gasteiger partial charge is 0.222 e. The number of carbonyl (C=O) groups excluding carboxylic acids is 2. The number of nitrogens with one attached hydrogen (secondary N) is 1. The Labute approximate surface area is 156 Å². The molecule has 1 aliphatic rings. The Balaban J connectivity index is 2.03. The minimum atomic E-state index is -0.00381. The summed E-state index contributed by atoms with van der Waals surface area (Å²) in [7, 11) is 4.09. The summed E-state index contributed by atoms with van der Waals surface area (Å²) in [6, 6.07) is 2.19. The zero-order chi connectivity index (χ0) is 19.3. The van der Waals surface area contributed by atoms with Crippen LogP contribution in [0.5, 0.6) is 0 Å². The van der Waals surface area contributed by atoms with Crippen LogP contribution in [0.1, 0.15) is 50.9 Å². The lowest BCUT2D eigenvalue weighted by Crippen LogP contribution is -2.36. The molecule has 0 aromatic carbocycles. The third-order valence-corrected chi connectivity index (χ3v) is 4.87. The highest BCUT2D eigenvalue weighted by Gasteiger charge is 2.24. The van der Waals surface area contributed by atoms with Crippen molar-refractivity contribution in [2.45, 2.75) is 52.6 Å². The van der Waals surface area contributed by atoms with Crippen LogP contribution in [0.4, 0.5) is 0 Å². The van der Waals surface area contributed by atoms with Crippen molar-refractivity contribution in [2.24, 2.45) is 5.92 Å². The van der Waals surface area contributed by atoms with E-state index in [2.05, 4.69) is 16.3 Å². The molecule has 1 aromatic rings. The van der Waals surface area contributed by atoms with E-state index in [0.717, 1.165) is 43.9 Å². The summed E-state index contributed by atoms with van der Waals surface area (Å²) in [6.45, 7) is 9.11. The number of hydrogen-bond donors (Lipinski definition) is 1. The maximum absolute atomic E-state index is 11.8. The van der Waals surface area contributed by atoms with Crippen LogP contribution in [-0.4, -0.2) is 65.1 Å². The van der Waals surface area contributed by atoms with E-state index in [9.17, 15) is 9.59 Å². The molecule has 2 rings (SSSR count). The fraction of sp³-hybridized carbons (Fsp3) is 0.737. The Morgan fingerprint density at radius 1 is 1.31 bits per heavy atom. The molecule has 0 bridgehead atoms. The van der Waals surface area contributed by atoms with Crippen molar-refractivity contribution >= 4 is 11.8 Å². The summed E-state index contributed by atoms with van der Waals surface area (Å²) in [5.74, 6) is 0.625. The van der Waals surface area contributed by atoms with Crippen molar-refractivity contribution in [3.8, 4) is 0 Å². The third-order valence-electron chi connectivity index (χ3n) is 4.87. The molecule has 146 valence electrons. The maximum Gasteiger partial charge on any atom is 0.222 e. The van der Waals surface area contributed by atoms with Crippen LogP contribution in [0.15, 0.2) is 6.07 Å². The highest BCUT2D eigenvalue weighted by molar-refractivity contribution is 5.77. The van der Waals surface area contributed by atoms with Gasteiger partial charge in [0.05, 0.1) is 17.9 Å². The van der Waals surface area contributed by atoms with E-state index in [0.29, 0.717) is 19.0 Å². The van der Waals surface area contributed by atoms with E-state index >= 15 is 0 Å². The second-order valence-corrected chi connectivity index (χ2v) is 7.75. The molecule has 0 spiro atoms. The number of rotatable bonds is 7. The van der Waals surface area contributed by atoms with Crippen LogP contribution >= 0.6 is 0 Å². The quantitative estimate of drug-likeness (QED) is 0.796. The molecule has 0 saturated carbocycles. The van der Waals surface area contributed by atoms with E-state index in [-0.39, 0.29) is 17.7 Å². The minimum absolute atomic E-state index is 0.00381. The average Bonchev–Trinajstić information content (AvgIpc) is 2.96. The fourth-order valence-electron chi connectivity index (χ4n) is 3.30. The van der Waals surface area contributed by atoms with Gasteiger partial charge in [-0.25, -0.2) is 0 Å². The van der Waals surface area contributed by atoms with Crippen molar-refractivity contribution in [3.05, 3.63) is 17.5 Å². The van der Waals surface area contributed by atoms with Gasteiger partial charge in [-0.1, -0.05) is 13.8 Å². The molecule has 2 heterocycles. The summed E-state index contributed by atoms with van der Waals surface area (Å²) in [6.07, 6.45) is 1.92. The van der Waals surface area contributed by atoms with Gasteiger partial charge >= 0.3 is 0 Å². The first-order chi connectivity index (χ1) is 12.3. The summed E-state index contributed by atoms with van der Waals surface area (Å²) < 4.78 is 2.02. The van der Waals surface area contributed by atoms with Gasteiger partial charge in [-0.2, -0.15) is 5.10 Å². The van der Waals surface area contributed by atoms with Gasteiger partial charge in [0.2, 0.25) is 11.8 Å². The van der Waals surface area contributed by atoms with Gasteiger partial charge in [-0.05, 0) is 33.0 Å². The molecule has 2 amide bonds. The van der Waals surface area contributed by atoms with E-state index in [1.54, 1.807) is 6.92 Å². The largest absolute Gasteiger partial charge is 0.354 e. The van der Waals surface area contributed by atoms with Crippen LogP contribution in [0, 0.1) is 5.92 Å². The molecule has 0 unspecified atom stereocenters. The van der Waals surface area contributed by atoms with Gasteiger partial charge < -0.3 is 15.1 Å². The van der Waals surface area contributed by atoms with E-state index in [4.69, 9.17) is 5.10 Å². The van der Waals surface area contributed by atoms with Gasteiger partial charge in [0.1, 0.15) is 0 Å². The lowest BCUT2D eigenvalue weighted by molar-refractivity contribution is -0.129. The third kappa shape index (κ3) is 5.56. The number of hydrogen-bond acceptors (Lipinski definition) is 4. The molecular weight excluding hydrogens is 330 g/mol. The average molecular weight is 364 g/mol. The number of likely N-dealkylation sites (tertiary alicyclic amines) is 1. The lowest BCUT2D eigenvalue weighted by atomic mass is 9.93. The highest BCUT2D eigenvalue weighted by Crippen LogP contribution is 2.28. The van der Waals surface area contributed by atoms with Crippen molar-refractivity contribution in [2.75, 3.05) is 33.7 Å². The molecule has 26 heavy (non-hydrogen) atoms. The number of aromatic nitrogens is 2. The first-order valence-electron chi connectivity index (χ1n) is 9.52. The van der Waals surface area contributed by atoms with E-state index in [1.807, 2.05) is 37.5 Å².